The van der Waals surface area contributed by atoms with Crippen molar-refractivity contribution in [2.24, 2.45) is 0 Å². The van der Waals surface area contributed by atoms with E-state index in [-0.39, 0.29) is 11.1 Å². The Morgan fingerprint density at radius 3 is 1.76 bits per heavy atom. The van der Waals surface area contributed by atoms with Gasteiger partial charge in [-0.15, -0.1) is 0 Å². The molecule has 0 aliphatic rings. The van der Waals surface area contributed by atoms with E-state index < -0.39 is 46.5 Å². The minimum atomic E-state index is -4.56. The summed E-state index contributed by atoms with van der Waals surface area (Å²) in [5.74, 6) is -7.85. The molecular weight excluding hydrogens is 449 g/mol. The van der Waals surface area contributed by atoms with Crippen LogP contribution in [-0.4, -0.2) is 0 Å². The molecule has 0 aromatic heterocycles. The van der Waals surface area contributed by atoms with Crippen molar-refractivity contribution in [1.82, 2.24) is 0 Å². The van der Waals surface area contributed by atoms with Crippen LogP contribution in [0.4, 0.5) is 30.7 Å². The molecule has 4 aromatic rings. The van der Waals surface area contributed by atoms with Crippen LogP contribution in [-0.2, 0) is 6.11 Å². The van der Waals surface area contributed by atoms with Crippen LogP contribution < -0.4 is 4.74 Å². The van der Waals surface area contributed by atoms with E-state index in [4.69, 9.17) is 0 Å². The number of benzene rings is 4. The fourth-order valence-electron chi connectivity index (χ4n) is 3.31. The maximum atomic E-state index is 14.7. The van der Waals surface area contributed by atoms with E-state index in [0.29, 0.717) is 41.5 Å². The third-order valence-electron chi connectivity index (χ3n) is 4.86. The van der Waals surface area contributed by atoms with Gasteiger partial charge in [-0.2, -0.15) is 8.78 Å². The maximum absolute atomic E-state index is 14.7. The predicted molar refractivity (Wildman–Crippen MR) is 108 cm³/mol. The van der Waals surface area contributed by atoms with Gasteiger partial charge in [0.15, 0.2) is 11.6 Å². The highest BCUT2D eigenvalue weighted by Gasteiger charge is 2.41. The molecule has 168 valence electrons. The summed E-state index contributed by atoms with van der Waals surface area (Å²) in [6.07, 6.45) is -4.56. The second-order valence-electron chi connectivity index (χ2n) is 7.07. The van der Waals surface area contributed by atoms with Crippen LogP contribution in [0.5, 0.6) is 5.75 Å². The van der Waals surface area contributed by atoms with E-state index in [0.717, 1.165) is 6.07 Å². The third-order valence-corrected chi connectivity index (χ3v) is 4.86. The van der Waals surface area contributed by atoms with Crippen LogP contribution in [0.1, 0.15) is 5.56 Å². The normalized spacial score (nSPS) is 11.5. The molecule has 0 saturated carbocycles. The minimum Gasteiger partial charge on any atom is -0.429 e. The molecule has 0 radical (unpaired) electrons. The molecule has 0 spiro atoms. The van der Waals surface area contributed by atoms with Crippen LogP contribution in [0.15, 0.2) is 78.9 Å². The summed E-state index contributed by atoms with van der Waals surface area (Å²) in [5, 5.41) is 0. The van der Waals surface area contributed by atoms with Crippen LogP contribution in [0.25, 0.3) is 22.3 Å². The van der Waals surface area contributed by atoms with Gasteiger partial charge in [-0.25, -0.2) is 22.0 Å². The van der Waals surface area contributed by atoms with Crippen molar-refractivity contribution < 1.29 is 35.5 Å². The highest BCUT2D eigenvalue weighted by molar-refractivity contribution is 5.71. The van der Waals surface area contributed by atoms with Crippen molar-refractivity contribution in [2.75, 3.05) is 0 Å². The smallest absolute Gasteiger partial charge is 0.429 e. The van der Waals surface area contributed by atoms with Gasteiger partial charge in [-0.3, -0.25) is 0 Å². The quantitative estimate of drug-likeness (QED) is 0.275. The van der Waals surface area contributed by atoms with E-state index in [9.17, 15) is 30.7 Å². The average molecular weight is 462 g/mol. The Bertz CT molecular complexity index is 1300. The van der Waals surface area contributed by atoms with E-state index >= 15 is 0 Å². The summed E-state index contributed by atoms with van der Waals surface area (Å²) in [5.41, 5.74) is -1.04. The largest absolute Gasteiger partial charge is 0.432 e. The average Bonchev–Trinajstić information content (AvgIpc) is 2.76. The Morgan fingerprint density at radius 1 is 0.515 bits per heavy atom. The van der Waals surface area contributed by atoms with E-state index in [1.54, 1.807) is 30.3 Å². The molecule has 0 saturated heterocycles. The molecule has 0 atom stereocenters. The molecule has 0 aliphatic heterocycles. The van der Waals surface area contributed by atoms with Gasteiger partial charge in [0.2, 0.25) is 0 Å². The standard InChI is InChI=1S/C25H13F7O/c26-19-9-7-17(13-21(19)28)33-25(31,32)24-22(29)11-16(12-23(24)30)18-8-6-15(10-20(18)27)14-4-2-1-3-5-14/h1-13H. The van der Waals surface area contributed by atoms with E-state index in [1.165, 1.54) is 12.1 Å². The van der Waals surface area contributed by atoms with Gasteiger partial charge in [0, 0.05) is 11.6 Å². The van der Waals surface area contributed by atoms with Crippen LogP contribution in [0, 0.1) is 29.1 Å². The zero-order chi connectivity index (χ0) is 23.8. The predicted octanol–water partition coefficient (Wildman–Crippen LogP) is 7.84. The number of alkyl halides is 2. The molecular formula is C25H13F7O. The highest BCUT2D eigenvalue weighted by Crippen LogP contribution is 2.38. The minimum absolute atomic E-state index is 0.205. The molecule has 0 bridgehead atoms. The van der Waals surface area contributed by atoms with E-state index in [1.807, 2.05) is 0 Å². The Kier molecular flexibility index (Phi) is 5.84. The highest BCUT2D eigenvalue weighted by atomic mass is 19.3. The Morgan fingerprint density at radius 2 is 1.15 bits per heavy atom. The molecule has 4 rings (SSSR count). The lowest BCUT2D eigenvalue weighted by Crippen LogP contribution is -2.25. The molecule has 1 nitrogen and oxygen atoms in total. The van der Waals surface area contributed by atoms with Gasteiger partial charge < -0.3 is 4.74 Å². The van der Waals surface area contributed by atoms with Crippen LogP contribution >= 0.6 is 0 Å². The number of hydrogen-bond donors (Lipinski definition) is 0. The number of rotatable bonds is 5. The zero-order valence-electron chi connectivity index (χ0n) is 16.6. The summed E-state index contributed by atoms with van der Waals surface area (Å²) in [7, 11) is 0. The monoisotopic (exact) mass is 462 g/mol. The third kappa shape index (κ3) is 4.55. The Labute approximate surface area is 183 Å². The molecule has 0 heterocycles. The van der Waals surface area contributed by atoms with Crippen molar-refractivity contribution in [3.63, 3.8) is 0 Å². The first-order chi connectivity index (χ1) is 15.7. The fraction of sp³-hybridized carbons (Fsp3) is 0.0400. The Hall–Kier alpha value is -3.81. The van der Waals surface area contributed by atoms with Crippen molar-refractivity contribution in [3.8, 4) is 28.0 Å². The SMILES string of the molecule is Fc1ccc(OC(F)(F)c2c(F)cc(-c3ccc(-c4ccccc4)cc3F)cc2F)cc1F. The number of ether oxygens (including phenoxy) is 1. The van der Waals surface area contributed by atoms with Gasteiger partial charge in [0.25, 0.3) is 0 Å². The van der Waals surface area contributed by atoms with Gasteiger partial charge in [0.1, 0.15) is 28.8 Å². The van der Waals surface area contributed by atoms with Crippen molar-refractivity contribution in [3.05, 3.63) is 114 Å². The van der Waals surface area contributed by atoms with Gasteiger partial charge in [0.05, 0.1) is 0 Å². The van der Waals surface area contributed by atoms with Crippen LogP contribution in [0.3, 0.4) is 0 Å². The lowest BCUT2D eigenvalue weighted by Gasteiger charge is -2.20. The molecule has 0 N–H and O–H groups in total. The Balaban J connectivity index is 1.68. The zero-order valence-corrected chi connectivity index (χ0v) is 16.6. The van der Waals surface area contributed by atoms with Crippen molar-refractivity contribution in [2.45, 2.75) is 6.11 Å². The first kappa shape index (κ1) is 22.4. The molecule has 0 unspecified atom stereocenters. The molecule has 0 aliphatic carbocycles. The molecule has 0 amide bonds. The summed E-state index contributed by atoms with van der Waals surface area (Å²) in [6, 6.07) is 15.4. The fourth-order valence-corrected chi connectivity index (χ4v) is 3.31. The first-order valence-corrected chi connectivity index (χ1v) is 9.52. The first-order valence-electron chi connectivity index (χ1n) is 9.52. The summed E-state index contributed by atoms with van der Waals surface area (Å²) in [6.45, 7) is 0. The topological polar surface area (TPSA) is 9.23 Å². The van der Waals surface area contributed by atoms with Crippen molar-refractivity contribution >= 4 is 0 Å². The number of hydrogen-bond acceptors (Lipinski definition) is 1. The summed E-state index contributed by atoms with van der Waals surface area (Å²) < 4.78 is 103. The second kappa shape index (κ2) is 8.61. The lowest BCUT2D eigenvalue weighted by atomic mass is 9.98. The van der Waals surface area contributed by atoms with Gasteiger partial charge in [-0.1, -0.05) is 42.5 Å². The molecule has 4 aromatic carbocycles. The maximum Gasteiger partial charge on any atom is 0.432 e. The summed E-state index contributed by atoms with van der Waals surface area (Å²) >= 11 is 0. The number of halogens is 7. The van der Waals surface area contributed by atoms with Crippen molar-refractivity contribution in [1.29, 1.82) is 0 Å². The van der Waals surface area contributed by atoms with Gasteiger partial charge >= 0.3 is 6.11 Å². The molecule has 0 fully saturated rings. The second-order valence-corrected chi connectivity index (χ2v) is 7.07. The van der Waals surface area contributed by atoms with Crippen LogP contribution in [0.2, 0.25) is 0 Å². The molecule has 8 heteroatoms. The van der Waals surface area contributed by atoms with E-state index in [2.05, 4.69) is 4.74 Å². The lowest BCUT2D eigenvalue weighted by molar-refractivity contribution is -0.189. The molecule has 33 heavy (non-hydrogen) atoms. The van der Waals surface area contributed by atoms with Gasteiger partial charge in [-0.05, 0) is 47.0 Å². The summed E-state index contributed by atoms with van der Waals surface area (Å²) in [4.78, 5) is 0.